The Morgan fingerprint density at radius 3 is 2.48 bits per heavy atom. The van der Waals surface area contributed by atoms with Crippen LogP contribution in [0.4, 0.5) is 0 Å². The Hall–Kier alpha value is -2.97. The molecule has 2 fully saturated rings. The Morgan fingerprint density at radius 2 is 1.86 bits per heavy atom. The zero-order valence-electron chi connectivity index (χ0n) is 16.7. The lowest BCUT2D eigenvalue weighted by Gasteiger charge is -2.30. The van der Waals surface area contributed by atoms with E-state index in [1.54, 1.807) is 15.4 Å². The van der Waals surface area contributed by atoms with Crippen molar-refractivity contribution in [3.05, 3.63) is 39.9 Å². The predicted molar refractivity (Wildman–Crippen MR) is 106 cm³/mol. The van der Waals surface area contributed by atoms with Crippen LogP contribution in [-0.4, -0.2) is 43.5 Å². The fourth-order valence-electron chi connectivity index (χ4n) is 4.23. The van der Waals surface area contributed by atoms with Crippen LogP contribution in [0.1, 0.15) is 56.0 Å². The third-order valence-electron chi connectivity index (χ3n) is 5.74. The van der Waals surface area contributed by atoms with Crippen LogP contribution >= 0.6 is 0 Å². The van der Waals surface area contributed by atoms with Crippen LogP contribution < -0.4 is 16.2 Å². The summed E-state index contributed by atoms with van der Waals surface area (Å²) >= 11 is 0. The van der Waals surface area contributed by atoms with Gasteiger partial charge in [-0.15, -0.1) is 5.10 Å². The van der Waals surface area contributed by atoms with Crippen molar-refractivity contribution in [3.8, 4) is 5.82 Å². The van der Waals surface area contributed by atoms with Gasteiger partial charge < -0.3 is 10.6 Å². The van der Waals surface area contributed by atoms with Gasteiger partial charge in [-0.05, 0) is 58.1 Å². The number of hydrogen-bond acceptors (Lipinski definition) is 5. The largest absolute Gasteiger partial charge is 0.352 e. The molecule has 0 aromatic carbocycles. The average Bonchev–Trinajstić information content (AvgIpc) is 3.28. The van der Waals surface area contributed by atoms with E-state index in [4.69, 9.17) is 0 Å². The molecule has 2 aromatic heterocycles. The first-order valence-corrected chi connectivity index (χ1v) is 10.1. The zero-order chi connectivity index (χ0) is 20.5. The minimum Gasteiger partial charge on any atom is -0.352 e. The third kappa shape index (κ3) is 4.08. The highest BCUT2D eigenvalue weighted by atomic mass is 16.2. The second-order valence-corrected chi connectivity index (χ2v) is 7.99. The van der Waals surface area contributed by atoms with Gasteiger partial charge in [0.15, 0.2) is 5.82 Å². The van der Waals surface area contributed by atoms with Gasteiger partial charge in [-0.25, -0.2) is 9.36 Å². The smallest absolute Gasteiger partial charge is 0.267 e. The molecule has 1 aliphatic heterocycles. The highest BCUT2D eigenvalue weighted by molar-refractivity contribution is 5.90. The lowest BCUT2D eigenvalue weighted by molar-refractivity contribution is -0.126. The SMILES string of the molecule is Cc1cc(C)n(-c2ccc(=O)n(C3CCC(NC(=O)C4CCC(=O)N4)CC3)n2)n1. The van der Waals surface area contributed by atoms with Crippen LogP contribution in [0, 0.1) is 13.8 Å². The fraction of sp³-hybridized carbons (Fsp3) is 0.550. The van der Waals surface area contributed by atoms with E-state index in [1.807, 2.05) is 19.9 Å². The summed E-state index contributed by atoms with van der Waals surface area (Å²) in [6.45, 7) is 3.88. The van der Waals surface area contributed by atoms with Crippen molar-refractivity contribution in [3.63, 3.8) is 0 Å². The van der Waals surface area contributed by atoms with Crippen molar-refractivity contribution in [2.24, 2.45) is 0 Å². The molecule has 1 unspecified atom stereocenters. The molecule has 3 heterocycles. The van der Waals surface area contributed by atoms with E-state index in [-0.39, 0.29) is 29.5 Å². The maximum Gasteiger partial charge on any atom is 0.267 e. The molecule has 0 spiro atoms. The van der Waals surface area contributed by atoms with Crippen molar-refractivity contribution in [2.75, 3.05) is 0 Å². The van der Waals surface area contributed by atoms with Crippen LogP contribution in [0.15, 0.2) is 23.0 Å². The molecule has 154 valence electrons. The van der Waals surface area contributed by atoms with Crippen LogP contribution in [0.25, 0.3) is 5.82 Å². The van der Waals surface area contributed by atoms with E-state index in [2.05, 4.69) is 20.8 Å². The molecule has 1 saturated heterocycles. The van der Waals surface area contributed by atoms with Crippen LogP contribution in [0.5, 0.6) is 0 Å². The molecule has 9 nitrogen and oxygen atoms in total. The van der Waals surface area contributed by atoms with Crippen molar-refractivity contribution in [1.82, 2.24) is 30.2 Å². The number of amides is 2. The third-order valence-corrected chi connectivity index (χ3v) is 5.74. The van der Waals surface area contributed by atoms with Crippen molar-refractivity contribution >= 4 is 11.8 Å². The van der Waals surface area contributed by atoms with E-state index in [0.717, 1.165) is 37.1 Å². The number of aryl methyl sites for hydroxylation is 2. The van der Waals surface area contributed by atoms with Gasteiger partial charge >= 0.3 is 0 Å². The van der Waals surface area contributed by atoms with E-state index in [1.165, 1.54) is 6.07 Å². The highest BCUT2D eigenvalue weighted by Crippen LogP contribution is 2.27. The van der Waals surface area contributed by atoms with Gasteiger partial charge in [0, 0.05) is 24.2 Å². The van der Waals surface area contributed by atoms with Crippen molar-refractivity contribution < 1.29 is 9.59 Å². The average molecular weight is 398 g/mol. The molecule has 1 saturated carbocycles. The topological polar surface area (TPSA) is 111 Å². The summed E-state index contributed by atoms with van der Waals surface area (Å²) in [7, 11) is 0. The monoisotopic (exact) mass is 398 g/mol. The molecule has 1 atom stereocenters. The number of nitrogens with zero attached hydrogens (tertiary/aromatic N) is 4. The Kier molecular flexibility index (Phi) is 5.21. The van der Waals surface area contributed by atoms with Gasteiger partial charge in [-0.2, -0.15) is 5.10 Å². The maximum absolute atomic E-state index is 12.4. The number of nitrogens with one attached hydrogen (secondary N) is 2. The quantitative estimate of drug-likeness (QED) is 0.796. The summed E-state index contributed by atoms with van der Waals surface area (Å²) in [5.41, 5.74) is 1.74. The summed E-state index contributed by atoms with van der Waals surface area (Å²) in [5, 5.41) is 14.8. The molecule has 0 bridgehead atoms. The van der Waals surface area contributed by atoms with Crippen LogP contribution in [0.2, 0.25) is 0 Å². The summed E-state index contributed by atoms with van der Waals surface area (Å²) in [6, 6.07) is 4.85. The van der Waals surface area contributed by atoms with Crippen molar-refractivity contribution in [2.45, 2.75) is 70.5 Å². The maximum atomic E-state index is 12.4. The van der Waals surface area contributed by atoms with Crippen LogP contribution in [-0.2, 0) is 9.59 Å². The summed E-state index contributed by atoms with van der Waals surface area (Å²) in [6.07, 6.45) is 4.03. The minimum atomic E-state index is -0.415. The number of rotatable bonds is 4. The second-order valence-electron chi connectivity index (χ2n) is 7.99. The van der Waals surface area contributed by atoms with E-state index in [0.29, 0.717) is 18.7 Å². The second kappa shape index (κ2) is 7.81. The summed E-state index contributed by atoms with van der Waals surface area (Å²) < 4.78 is 3.30. The first-order chi connectivity index (χ1) is 13.9. The Bertz CT molecular complexity index is 986. The first kappa shape index (κ1) is 19.4. The predicted octanol–water partition coefficient (Wildman–Crippen LogP) is 0.924. The molecule has 29 heavy (non-hydrogen) atoms. The standard InChI is InChI=1S/C20H26N6O3/c1-12-11-13(2)25(23-12)17-8-10-19(28)26(24-17)15-5-3-14(4-6-15)21-20(29)16-7-9-18(27)22-16/h8,10-11,14-16H,3-7,9H2,1-2H3,(H,21,29)(H,22,27). The first-order valence-electron chi connectivity index (χ1n) is 10.1. The Balaban J connectivity index is 1.41. The number of aromatic nitrogens is 4. The Labute approximate surface area is 168 Å². The molecule has 4 rings (SSSR count). The fourth-order valence-corrected chi connectivity index (χ4v) is 4.23. The normalized spacial score (nSPS) is 24.3. The minimum absolute atomic E-state index is 0.00116. The summed E-state index contributed by atoms with van der Waals surface area (Å²) in [5.74, 6) is 0.450. The lowest BCUT2D eigenvalue weighted by Crippen LogP contribution is -2.47. The lowest BCUT2D eigenvalue weighted by atomic mass is 9.91. The van der Waals surface area contributed by atoms with Gasteiger partial charge in [-0.3, -0.25) is 14.4 Å². The molecule has 2 N–H and O–H groups in total. The number of carbonyl (C=O) groups excluding carboxylic acids is 2. The summed E-state index contributed by atoms with van der Waals surface area (Å²) in [4.78, 5) is 36.0. The molecule has 2 aliphatic rings. The number of hydrogen-bond donors (Lipinski definition) is 2. The molecule has 2 amide bonds. The molecule has 9 heteroatoms. The van der Waals surface area contributed by atoms with E-state index in [9.17, 15) is 14.4 Å². The molecule has 0 radical (unpaired) electrons. The molecule has 2 aromatic rings. The highest BCUT2D eigenvalue weighted by Gasteiger charge is 2.30. The molecular weight excluding hydrogens is 372 g/mol. The van der Waals surface area contributed by atoms with Gasteiger partial charge in [0.2, 0.25) is 11.8 Å². The van der Waals surface area contributed by atoms with Crippen LogP contribution in [0.3, 0.4) is 0 Å². The molecule has 1 aliphatic carbocycles. The van der Waals surface area contributed by atoms with Gasteiger partial charge in [0.25, 0.3) is 5.56 Å². The van der Waals surface area contributed by atoms with Crippen molar-refractivity contribution in [1.29, 1.82) is 0 Å². The Morgan fingerprint density at radius 1 is 1.10 bits per heavy atom. The molecular formula is C20H26N6O3. The number of carbonyl (C=O) groups is 2. The van der Waals surface area contributed by atoms with Gasteiger partial charge in [0.1, 0.15) is 6.04 Å². The zero-order valence-corrected chi connectivity index (χ0v) is 16.7. The van der Waals surface area contributed by atoms with E-state index < -0.39 is 6.04 Å². The van der Waals surface area contributed by atoms with Gasteiger partial charge in [-0.1, -0.05) is 0 Å². The van der Waals surface area contributed by atoms with Gasteiger partial charge in [0.05, 0.1) is 11.7 Å². The van der Waals surface area contributed by atoms with E-state index >= 15 is 0 Å².